The van der Waals surface area contributed by atoms with Crippen LogP contribution in [0.3, 0.4) is 0 Å². The van der Waals surface area contributed by atoms with E-state index in [1.54, 1.807) is 0 Å². The van der Waals surface area contributed by atoms with Gasteiger partial charge in [-0.15, -0.1) is 12.4 Å². The van der Waals surface area contributed by atoms with Crippen LogP contribution >= 0.6 is 12.4 Å². The summed E-state index contributed by atoms with van der Waals surface area (Å²) in [5.74, 6) is 0.908. The Hall–Kier alpha value is -1.97. The third-order valence-corrected chi connectivity index (χ3v) is 3.74. The molecule has 0 amide bonds. The van der Waals surface area contributed by atoms with Crippen molar-refractivity contribution in [3.05, 3.63) is 54.2 Å². The summed E-state index contributed by atoms with van der Waals surface area (Å²) in [5.41, 5.74) is 10.5. The van der Waals surface area contributed by atoms with Crippen molar-refractivity contribution in [2.75, 3.05) is 6.54 Å². The third kappa shape index (κ3) is 3.87. The van der Waals surface area contributed by atoms with Crippen LogP contribution in [-0.4, -0.2) is 17.6 Å². The first-order chi connectivity index (χ1) is 10.7. The molecule has 122 valence electrons. The monoisotopic (exact) mass is 330 g/mol. The molecule has 0 aliphatic rings. The van der Waals surface area contributed by atoms with Crippen molar-refractivity contribution in [2.24, 2.45) is 5.73 Å². The SMILES string of the molecule is CC(C)Oc1ccc(-c2ccc3[nH]cc(CCN)c3c2)cc1.Cl. The molecule has 0 radical (unpaired) electrons. The lowest BCUT2D eigenvalue weighted by atomic mass is 10.0. The molecule has 0 fully saturated rings. The molecule has 1 aromatic heterocycles. The maximum atomic E-state index is 5.70. The molecular formula is C19H23ClN2O. The first kappa shape index (κ1) is 17.4. The number of rotatable bonds is 5. The fraction of sp³-hybridized carbons (Fsp3) is 0.263. The number of halogens is 1. The van der Waals surface area contributed by atoms with Crippen LogP contribution in [0, 0.1) is 0 Å². The number of nitrogens with one attached hydrogen (secondary N) is 1. The highest BCUT2D eigenvalue weighted by molar-refractivity contribution is 5.88. The van der Waals surface area contributed by atoms with Crippen LogP contribution in [0.25, 0.3) is 22.0 Å². The molecule has 2 aromatic carbocycles. The van der Waals surface area contributed by atoms with Crippen molar-refractivity contribution in [1.29, 1.82) is 0 Å². The Balaban J connectivity index is 0.00000192. The van der Waals surface area contributed by atoms with Gasteiger partial charge in [0, 0.05) is 17.1 Å². The molecule has 0 saturated carbocycles. The number of aromatic amines is 1. The molecule has 0 unspecified atom stereocenters. The highest BCUT2D eigenvalue weighted by Crippen LogP contribution is 2.28. The van der Waals surface area contributed by atoms with E-state index in [-0.39, 0.29) is 18.5 Å². The van der Waals surface area contributed by atoms with Crippen molar-refractivity contribution in [1.82, 2.24) is 4.98 Å². The van der Waals surface area contributed by atoms with E-state index in [1.165, 1.54) is 22.1 Å². The highest BCUT2D eigenvalue weighted by atomic mass is 35.5. The number of nitrogens with two attached hydrogens (primary N) is 1. The van der Waals surface area contributed by atoms with E-state index >= 15 is 0 Å². The molecule has 0 spiro atoms. The average Bonchev–Trinajstić information content (AvgIpc) is 2.90. The molecule has 3 nitrogen and oxygen atoms in total. The molecule has 23 heavy (non-hydrogen) atoms. The Morgan fingerprint density at radius 1 is 1.04 bits per heavy atom. The molecule has 3 N–H and O–H groups in total. The molecule has 3 aromatic rings. The van der Waals surface area contributed by atoms with Gasteiger partial charge in [0.2, 0.25) is 0 Å². The van der Waals surface area contributed by atoms with Gasteiger partial charge in [-0.3, -0.25) is 0 Å². The van der Waals surface area contributed by atoms with E-state index < -0.39 is 0 Å². The second kappa shape index (κ2) is 7.53. The smallest absolute Gasteiger partial charge is 0.119 e. The first-order valence-corrected chi connectivity index (χ1v) is 7.74. The van der Waals surface area contributed by atoms with Gasteiger partial charge >= 0.3 is 0 Å². The lowest BCUT2D eigenvalue weighted by molar-refractivity contribution is 0.242. The van der Waals surface area contributed by atoms with E-state index in [9.17, 15) is 0 Å². The van der Waals surface area contributed by atoms with E-state index in [4.69, 9.17) is 10.5 Å². The van der Waals surface area contributed by atoms with E-state index in [0.717, 1.165) is 17.7 Å². The quantitative estimate of drug-likeness (QED) is 0.721. The summed E-state index contributed by atoms with van der Waals surface area (Å²) in [4.78, 5) is 3.31. The fourth-order valence-corrected chi connectivity index (χ4v) is 2.72. The standard InChI is InChI=1S/C19H22N2O.ClH/c1-13(2)22-17-6-3-14(4-7-17)15-5-8-19-18(11-15)16(9-10-20)12-21-19;/h3-8,11-13,21H,9-10,20H2,1-2H3;1H. The lowest BCUT2D eigenvalue weighted by Gasteiger charge is -2.10. The number of aromatic nitrogens is 1. The Morgan fingerprint density at radius 2 is 1.74 bits per heavy atom. The highest BCUT2D eigenvalue weighted by Gasteiger charge is 2.06. The number of fused-ring (bicyclic) bond motifs is 1. The summed E-state index contributed by atoms with van der Waals surface area (Å²) in [6.07, 6.45) is 3.15. The van der Waals surface area contributed by atoms with E-state index in [1.807, 2.05) is 26.0 Å². The number of H-pyrrole nitrogens is 1. The zero-order valence-electron chi connectivity index (χ0n) is 13.5. The second-order valence-corrected chi connectivity index (χ2v) is 5.80. The Kier molecular flexibility index (Phi) is 5.69. The molecule has 0 saturated heterocycles. The van der Waals surface area contributed by atoms with Crippen LogP contribution in [0.5, 0.6) is 5.75 Å². The molecular weight excluding hydrogens is 308 g/mol. The topological polar surface area (TPSA) is 51.0 Å². The summed E-state index contributed by atoms with van der Waals surface area (Å²) in [7, 11) is 0. The Labute approximate surface area is 143 Å². The van der Waals surface area contributed by atoms with Crippen LogP contribution in [0.4, 0.5) is 0 Å². The largest absolute Gasteiger partial charge is 0.491 e. The van der Waals surface area contributed by atoms with Gasteiger partial charge in [-0.05, 0) is 67.8 Å². The minimum absolute atomic E-state index is 0. The number of benzene rings is 2. The van der Waals surface area contributed by atoms with Gasteiger partial charge < -0.3 is 15.5 Å². The number of hydrogen-bond acceptors (Lipinski definition) is 2. The third-order valence-electron chi connectivity index (χ3n) is 3.74. The summed E-state index contributed by atoms with van der Waals surface area (Å²) in [5, 5.41) is 1.26. The van der Waals surface area contributed by atoms with Crippen molar-refractivity contribution in [3.63, 3.8) is 0 Å². The maximum Gasteiger partial charge on any atom is 0.119 e. The normalized spacial score (nSPS) is 10.8. The van der Waals surface area contributed by atoms with Gasteiger partial charge in [0.1, 0.15) is 5.75 Å². The van der Waals surface area contributed by atoms with Gasteiger partial charge in [-0.2, -0.15) is 0 Å². The van der Waals surface area contributed by atoms with Crippen LogP contribution in [0.1, 0.15) is 19.4 Å². The predicted octanol–water partition coefficient (Wildman–Crippen LogP) is 4.55. The van der Waals surface area contributed by atoms with Crippen LogP contribution in [0.15, 0.2) is 48.7 Å². The fourth-order valence-electron chi connectivity index (χ4n) is 2.72. The predicted molar refractivity (Wildman–Crippen MR) is 99.5 cm³/mol. The van der Waals surface area contributed by atoms with Crippen LogP contribution in [0.2, 0.25) is 0 Å². The van der Waals surface area contributed by atoms with E-state index in [2.05, 4.69) is 41.5 Å². The summed E-state index contributed by atoms with van der Waals surface area (Å²) in [6.45, 7) is 4.73. The van der Waals surface area contributed by atoms with Crippen molar-refractivity contribution in [2.45, 2.75) is 26.4 Å². The lowest BCUT2D eigenvalue weighted by Crippen LogP contribution is -2.05. The average molecular weight is 331 g/mol. The molecule has 0 aliphatic heterocycles. The molecule has 0 atom stereocenters. The van der Waals surface area contributed by atoms with Crippen molar-refractivity contribution in [3.8, 4) is 16.9 Å². The zero-order valence-corrected chi connectivity index (χ0v) is 14.3. The van der Waals surface area contributed by atoms with Gasteiger partial charge in [-0.1, -0.05) is 18.2 Å². The first-order valence-electron chi connectivity index (χ1n) is 7.74. The summed E-state index contributed by atoms with van der Waals surface area (Å²) < 4.78 is 5.70. The van der Waals surface area contributed by atoms with Crippen molar-refractivity contribution >= 4 is 23.3 Å². The summed E-state index contributed by atoms with van der Waals surface area (Å²) in [6, 6.07) is 14.8. The van der Waals surface area contributed by atoms with Gasteiger partial charge in [0.25, 0.3) is 0 Å². The zero-order chi connectivity index (χ0) is 15.5. The minimum Gasteiger partial charge on any atom is -0.491 e. The summed E-state index contributed by atoms with van der Waals surface area (Å²) >= 11 is 0. The molecule has 0 aliphatic carbocycles. The van der Waals surface area contributed by atoms with Gasteiger partial charge in [0.05, 0.1) is 6.10 Å². The Bertz CT molecular complexity index is 763. The van der Waals surface area contributed by atoms with Crippen molar-refractivity contribution < 1.29 is 4.74 Å². The van der Waals surface area contributed by atoms with E-state index in [0.29, 0.717) is 6.54 Å². The minimum atomic E-state index is 0. The Morgan fingerprint density at radius 3 is 2.39 bits per heavy atom. The van der Waals surface area contributed by atoms with Gasteiger partial charge in [0.15, 0.2) is 0 Å². The number of hydrogen-bond donors (Lipinski definition) is 2. The molecule has 0 bridgehead atoms. The second-order valence-electron chi connectivity index (χ2n) is 5.80. The molecule has 3 rings (SSSR count). The van der Waals surface area contributed by atoms with Crippen LogP contribution < -0.4 is 10.5 Å². The molecule has 4 heteroatoms. The van der Waals surface area contributed by atoms with Crippen LogP contribution in [-0.2, 0) is 6.42 Å². The number of ether oxygens (including phenoxy) is 1. The molecule has 1 heterocycles. The van der Waals surface area contributed by atoms with Gasteiger partial charge in [-0.25, -0.2) is 0 Å². The maximum absolute atomic E-state index is 5.70.